The van der Waals surface area contributed by atoms with Gasteiger partial charge in [-0.2, -0.15) is 9.68 Å². The Hall–Kier alpha value is -0.800. The van der Waals surface area contributed by atoms with Crippen LogP contribution in [-0.2, 0) is 9.68 Å². The van der Waals surface area contributed by atoms with Gasteiger partial charge in [0.2, 0.25) is 0 Å². The molecule has 0 atom stereocenters. The van der Waals surface area contributed by atoms with Crippen molar-refractivity contribution < 1.29 is 14.8 Å². The van der Waals surface area contributed by atoms with E-state index in [4.69, 9.17) is 9.68 Å². The lowest BCUT2D eigenvalue weighted by atomic mass is 9.97. The van der Waals surface area contributed by atoms with E-state index in [9.17, 15) is 4.91 Å². The van der Waals surface area contributed by atoms with Crippen molar-refractivity contribution in [3.05, 3.63) is 4.91 Å². The smallest absolute Gasteiger partial charge is 0.180 e. The monoisotopic (exact) mass is 252 g/mol. The van der Waals surface area contributed by atoms with Crippen LogP contribution in [0.4, 0.5) is 0 Å². The number of hydrogen-bond acceptors (Lipinski definition) is 3. The van der Waals surface area contributed by atoms with Gasteiger partial charge in [0.25, 0.3) is 0 Å². The summed E-state index contributed by atoms with van der Waals surface area (Å²) in [7, 11) is 0. The van der Waals surface area contributed by atoms with E-state index in [1.165, 1.54) is 25.7 Å². The fraction of sp³-hybridized carbons (Fsp3) is 1.00. The summed E-state index contributed by atoms with van der Waals surface area (Å²) in [5, 5.41) is 0.487. The van der Waals surface area contributed by atoms with Crippen molar-refractivity contribution in [1.82, 2.24) is 0 Å². The maximum atomic E-state index is 12.0. The van der Waals surface area contributed by atoms with Crippen LogP contribution in [0.3, 0.4) is 0 Å². The summed E-state index contributed by atoms with van der Waals surface area (Å²) < 4.78 is 0. The molecule has 4 fully saturated rings. The zero-order valence-electron chi connectivity index (χ0n) is 10.9. The van der Waals surface area contributed by atoms with E-state index in [-0.39, 0.29) is 11.2 Å². The second kappa shape index (κ2) is 3.61. The van der Waals surface area contributed by atoms with Crippen molar-refractivity contribution in [3.8, 4) is 0 Å². The average molecular weight is 252 g/mol. The van der Waals surface area contributed by atoms with Crippen LogP contribution < -0.4 is 0 Å². The Kier molecular flexibility index (Phi) is 2.22. The van der Waals surface area contributed by atoms with Crippen LogP contribution in [0.1, 0.15) is 64.2 Å². The summed E-state index contributed by atoms with van der Waals surface area (Å²) in [6, 6.07) is 0. The van der Waals surface area contributed by atoms with Crippen molar-refractivity contribution >= 4 is 0 Å². The first-order valence-electron chi connectivity index (χ1n) is 7.53. The largest absolute Gasteiger partial charge is 0.478 e. The lowest BCUT2D eigenvalue weighted by Crippen LogP contribution is -2.37. The highest BCUT2D eigenvalue weighted by molar-refractivity contribution is 4.98. The molecular weight excluding hydrogens is 230 g/mol. The maximum Gasteiger partial charge on any atom is 0.478 e. The van der Waals surface area contributed by atoms with Crippen LogP contribution >= 0.6 is 0 Å². The van der Waals surface area contributed by atoms with Gasteiger partial charge in [0.05, 0.1) is 0 Å². The van der Waals surface area contributed by atoms with Crippen LogP contribution in [0.2, 0.25) is 0 Å². The molecule has 4 nitrogen and oxygen atoms in total. The topological polar surface area (TPSA) is 38.5 Å². The third-order valence-electron chi connectivity index (χ3n) is 5.89. The van der Waals surface area contributed by atoms with Crippen LogP contribution in [0.5, 0.6) is 0 Å². The predicted octanol–water partition coefficient (Wildman–Crippen LogP) is 3.29. The summed E-state index contributed by atoms with van der Waals surface area (Å²) in [5.41, 5.74) is -0.362. The van der Waals surface area contributed by atoms with Crippen LogP contribution in [0, 0.1) is 16.7 Å². The van der Waals surface area contributed by atoms with E-state index < -0.39 is 0 Å². The standard InChI is InChI=1S/C14H22NO3/c16-15(17-13-5-1-11(9-13)2-6-13)18-14-7-3-12(10-14)4-8-14/h11-12H,1-10H2/q+1. The van der Waals surface area contributed by atoms with Crippen molar-refractivity contribution in [2.75, 3.05) is 0 Å². The predicted molar refractivity (Wildman–Crippen MR) is 64.4 cm³/mol. The van der Waals surface area contributed by atoms with E-state index in [1.54, 1.807) is 0 Å². The second-order valence-corrected chi connectivity index (χ2v) is 7.07. The molecule has 0 spiro atoms. The Morgan fingerprint density at radius 3 is 1.44 bits per heavy atom. The molecule has 100 valence electrons. The summed E-state index contributed by atoms with van der Waals surface area (Å²) in [6.45, 7) is 0. The van der Waals surface area contributed by atoms with Gasteiger partial charge in [-0.05, 0) is 76.0 Å². The summed E-state index contributed by atoms with van der Waals surface area (Å²) in [6.07, 6.45) is 11.2. The van der Waals surface area contributed by atoms with Gasteiger partial charge in [-0.15, -0.1) is 0 Å². The van der Waals surface area contributed by atoms with Gasteiger partial charge in [-0.3, -0.25) is 0 Å². The van der Waals surface area contributed by atoms with Gasteiger partial charge in [-0.1, -0.05) is 0 Å². The minimum atomic E-state index is -0.181. The summed E-state index contributed by atoms with van der Waals surface area (Å²) in [5.74, 6) is 1.58. The summed E-state index contributed by atoms with van der Waals surface area (Å²) in [4.78, 5) is 23.3. The maximum absolute atomic E-state index is 12.0. The molecule has 0 unspecified atom stereocenters. The zero-order chi connectivity index (χ0) is 12.2. The molecule has 4 saturated carbocycles. The van der Waals surface area contributed by atoms with E-state index in [1.807, 2.05) is 0 Å². The quantitative estimate of drug-likeness (QED) is 0.721. The van der Waals surface area contributed by atoms with Crippen molar-refractivity contribution in [3.63, 3.8) is 0 Å². The number of nitrogens with zero attached hydrogens (tertiary/aromatic N) is 1. The highest BCUT2D eigenvalue weighted by atomic mass is 17.0. The molecule has 4 aliphatic carbocycles. The van der Waals surface area contributed by atoms with E-state index in [0.29, 0.717) is 5.09 Å². The van der Waals surface area contributed by atoms with Crippen molar-refractivity contribution in [2.45, 2.75) is 75.4 Å². The summed E-state index contributed by atoms with van der Waals surface area (Å²) >= 11 is 0. The van der Waals surface area contributed by atoms with Gasteiger partial charge in [0, 0.05) is 0 Å². The molecule has 0 radical (unpaired) electrons. The molecule has 0 N–H and O–H groups in total. The first-order valence-corrected chi connectivity index (χ1v) is 7.53. The molecule has 0 amide bonds. The minimum Gasteiger partial charge on any atom is -0.180 e. The highest BCUT2D eigenvalue weighted by Crippen LogP contribution is 2.52. The first-order chi connectivity index (χ1) is 8.67. The third-order valence-corrected chi connectivity index (χ3v) is 5.89. The lowest BCUT2D eigenvalue weighted by molar-refractivity contribution is -1.00. The molecular formula is C14H22NO3+. The minimum absolute atomic E-state index is 0.181. The molecule has 0 aromatic carbocycles. The van der Waals surface area contributed by atoms with Gasteiger partial charge < -0.3 is 0 Å². The molecule has 0 heterocycles. The second-order valence-electron chi connectivity index (χ2n) is 7.07. The molecule has 4 bridgehead atoms. The molecule has 18 heavy (non-hydrogen) atoms. The van der Waals surface area contributed by atoms with Gasteiger partial charge in [-0.25, -0.2) is 0 Å². The Balaban J connectivity index is 1.39. The third kappa shape index (κ3) is 1.64. The fourth-order valence-corrected chi connectivity index (χ4v) is 4.87. The van der Waals surface area contributed by atoms with E-state index in [0.717, 1.165) is 50.4 Å². The highest BCUT2D eigenvalue weighted by Gasteiger charge is 2.56. The molecule has 0 aliphatic heterocycles. The SMILES string of the molecule is O=[N+](OC12CCC(CC1)C2)OC12CCC(CC1)C2. The number of hydrogen-bond donors (Lipinski definition) is 0. The normalized spacial score (nSPS) is 48.7. The number of rotatable bonds is 4. The molecule has 0 aromatic heterocycles. The molecule has 4 heteroatoms. The Morgan fingerprint density at radius 2 is 1.17 bits per heavy atom. The van der Waals surface area contributed by atoms with E-state index >= 15 is 0 Å². The van der Waals surface area contributed by atoms with Crippen LogP contribution in [0.15, 0.2) is 0 Å². The molecule has 0 aromatic rings. The van der Waals surface area contributed by atoms with Gasteiger partial charge >= 0.3 is 5.09 Å². The zero-order valence-corrected chi connectivity index (χ0v) is 10.9. The van der Waals surface area contributed by atoms with Crippen LogP contribution in [-0.4, -0.2) is 16.3 Å². The Labute approximate surface area is 108 Å². The number of fused-ring (bicyclic) bond motifs is 4. The van der Waals surface area contributed by atoms with Crippen molar-refractivity contribution in [1.29, 1.82) is 0 Å². The molecule has 4 aliphatic rings. The van der Waals surface area contributed by atoms with E-state index in [2.05, 4.69) is 0 Å². The lowest BCUT2D eigenvalue weighted by Gasteiger charge is -2.22. The van der Waals surface area contributed by atoms with Crippen LogP contribution in [0.25, 0.3) is 0 Å². The Morgan fingerprint density at radius 1 is 0.778 bits per heavy atom. The fourth-order valence-electron chi connectivity index (χ4n) is 4.87. The van der Waals surface area contributed by atoms with Gasteiger partial charge in [0.15, 0.2) is 11.2 Å². The first kappa shape index (κ1) is 11.1. The van der Waals surface area contributed by atoms with Gasteiger partial charge in [0.1, 0.15) is 4.91 Å². The average Bonchev–Trinajstić information content (AvgIpc) is 3.06. The Bertz CT molecular complexity index is 331. The van der Waals surface area contributed by atoms with Crippen molar-refractivity contribution in [2.24, 2.45) is 11.8 Å². The molecule has 4 rings (SSSR count). The molecule has 0 saturated heterocycles.